The maximum Gasteiger partial charge on any atom is 0.227 e. The molecule has 0 aliphatic carbocycles. The first-order valence-electron chi connectivity index (χ1n) is 5.16. The van der Waals surface area contributed by atoms with Gasteiger partial charge in [-0.2, -0.15) is 0 Å². The number of hydrogen-bond donors (Lipinski definition) is 2. The van der Waals surface area contributed by atoms with Gasteiger partial charge in [-0.1, -0.05) is 6.92 Å². The molecule has 0 aliphatic heterocycles. The average molecular weight is 234 g/mol. The molecule has 0 spiro atoms. The molecule has 0 saturated carbocycles. The van der Waals surface area contributed by atoms with Crippen molar-refractivity contribution < 1.29 is 9.00 Å². The molecule has 0 aromatic carbocycles. The molecule has 3 atom stereocenters. The first-order valence-corrected chi connectivity index (χ1v) is 6.89. The monoisotopic (exact) mass is 234 g/mol. The second-order valence-corrected chi connectivity index (χ2v) is 5.71. The lowest BCUT2D eigenvalue weighted by Crippen LogP contribution is -2.47. The van der Waals surface area contributed by atoms with Crippen LogP contribution in [0.5, 0.6) is 0 Å². The summed E-state index contributed by atoms with van der Waals surface area (Å²) in [6.45, 7) is 5.97. The molecular formula is C10H22N2O2S. The van der Waals surface area contributed by atoms with E-state index < -0.39 is 16.2 Å². The zero-order chi connectivity index (χ0) is 12.1. The van der Waals surface area contributed by atoms with E-state index in [1.807, 2.05) is 20.8 Å². The normalized spacial score (nSPS) is 19.0. The first-order chi connectivity index (χ1) is 6.85. The summed E-state index contributed by atoms with van der Waals surface area (Å²) in [6.07, 6.45) is 2.34. The molecule has 4 nitrogen and oxygen atoms in total. The molecule has 0 rings (SSSR count). The lowest BCUT2D eigenvalue weighted by atomic mass is 9.86. The maximum absolute atomic E-state index is 11.8. The highest BCUT2D eigenvalue weighted by Crippen LogP contribution is 2.19. The highest BCUT2D eigenvalue weighted by Gasteiger charge is 2.30. The van der Waals surface area contributed by atoms with E-state index in [0.717, 1.165) is 0 Å². The minimum Gasteiger partial charge on any atom is -0.352 e. The van der Waals surface area contributed by atoms with Crippen molar-refractivity contribution in [3.8, 4) is 0 Å². The molecule has 0 radical (unpaired) electrons. The molecule has 3 N–H and O–H groups in total. The zero-order valence-electron chi connectivity index (χ0n) is 10.0. The van der Waals surface area contributed by atoms with Gasteiger partial charge in [-0.05, 0) is 20.3 Å². The van der Waals surface area contributed by atoms with Crippen LogP contribution in [-0.2, 0) is 15.6 Å². The lowest BCUT2D eigenvalue weighted by Gasteiger charge is -2.27. The summed E-state index contributed by atoms with van der Waals surface area (Å²) in [5.41, 5.74) is 5.06. The van der Waals surface area contributed by atoms with Gasteiger partial charge in [0.25, 0.3) is 0 Å². The molecule has 5 heteroatoms. The summed E-state index contributed by atoms with van der Waals surface area (Å²) in [6, 6.07) is -0.0687. The van der Waals surface area contributed by atoms with Crippen molar-refractivity contribution >= 4 is 16.7 Å². The van der Waals surface area contributed by atoms with Crippen LogP contribution in [0.15, 0.2) is 0 Å². The Labute approximate surface area is 94.4 Å². The van der Waals surface area contributed by atoms with Crippen molar-refractivity contribution in [3.63, 3.8) is 0 Å². The van der Waals surface area contributed by atoms with Gasteiger partial charge in [-0.3, -0.25) is 9.00 Å². The number of hydrogen-bond acceptors (Lipinski definition) is 3. The molecule has 0 heterocycles. The van der Waals surface area contributed by atoms with E-state index in [9.17, 15) is 9.00 Å². The summed E-state index contributed by atoms with van der Waals surface area (Å²) in [5.74, 6) is 0.432. The Balaban J connectivity index is 4.28. The third-order valence-electron chi connectivity index (χ3n) is 2.64. The molecular weight excluding hydrogens is 212 g/mol. The second kappa shape index (κ2) is 6.23. The average Bonchev–Trinajstić information content (AvgIpc) is 2.15. The van der Waals surface area contributed by atoms with E-state index in [2.05, 4.69) is 5.32 Å². The van der Waals surface area contributed by atoms with Gasteiger partial charge in [0.1, 0.15) is 0 Å². The molecule has 0 aromatic heterocycles. The Hall–Kier alpha value is -0.420. The van der Waals surface area contributed by atoms with Crippen LogP contribution in [-0.4, -0.2) is 34.7 Å². The molecule has 0 aromatic rings. The summed E-state index contributed by atoms with van der Waals surface area (Å²) < 4.78 is 11.0. The Morgan fingerprint density at radius 1 is 1.60 bits per heavy atom. The van der Waals surface area contributed by atoms with Crippen LogP contribution in [0.4, 0.5) is 0 Å². The quantitative estimate of drug-likeness (QED) is 0.692. The number of nitrogens with two attached hydrogens (primary N) is 1. The van der Waals surface area contributed by atoms with Crippen LogP contribution in [0.1, 0.15) is 27.2 Å². The third-order valence-corrected chi connectivity index (χ3v) is 3.61. The first kappa shape index (κ1) is 14.6. The minimum atomic E-state index is -0.889. The highest BCUT2D eigenvalue weighted by molar-refractivity contribution is 7.84. The number of nitrogens with one attached hydrogen (secondary N) is 1. The zero-order valence-corrected chi connectivity index (χ0v) is 10.8. The van der Waals surface area contributed by atoms with E-state index in [0.29, 0.717) is 18.7 Å². The molecule has 15 heavy (non-hydrogen) atoms. The van der Waals surface area contributed by atoms with Crippen molar-refractivity contribution in [1.29, 1.82) is 0 Å². The van der Waals surface area contributed by atoms with Crippen LogP contribution in [0.25, 0.3) is 0 Å². The van der Waals surface area contributed by atoms with Crippen molar-refractivity contribution in [2.75, 3.05) is 18.6 Å². The number of carbonyl (C=O) groups is 1. The predicted molar refractivity (Wildman–Crippen MR) is 64.0 cm³/mol. The minimum absolute atomic E-state index is 0.0505. The lowest BCUT2D eigenvalue weighted by molar-refractivity contribution is -0.130. The fourth-order valence-corrected chi connectivity index (χ4v) is 1.98. The maximum atomic E-state index is 11.8. The van der Waals surface area contributed by atoms with Gasteiger partial charge in [0.2, 0.25) is 5.91 Å². The van der Waals surface area contributed by atoms with Crippen molar-refractivity contribution in [2.45, 2.75) is 33.2 Å². The van der Waals surface area contributed by atoms with E-state index in [4.69, 9.17) is 5.73 Å². The fourth-order valence-electron chi connectivity index (χ4n) is 1.19. The van der Waals surface area contributed by atoms with Crippen LogP contribution in [0, 0.1) is 5.41 Å². The topological polar surface area (TPSA) is 72.2 Å². The van der Waals surface area contributed by atoms with Gasteiger partial charge < -0.3 is 11.1 Å². The van der Waals surface area contributed by atoms with Gasteiger partial charge in [-0.25, -0.2) is 0 Å². The van der Waals surface area contributed by atoms with Crippen molar-refractivity contribution in [1.82, 2.24) is 5.32 Å². The predicted octanol–water partition coefficient (Wildman–Crippen LogP) is 0.245. The Kier molecular flexibility index (Phi) is 6.05. The van der Waals surface area contributed by atoms with Crippen LogP contribution in [0.2, 0.25) is 0 Å². The highest BCUT2D eigenvalue weighted by atomic mass is 32.2. The Bertz CT molecular complexity index is 240. The van der Waals surface area contributed by atoms with Crippen LogP contribution in [0.3, 0.4) is 0 Å². The Morgan fingerprint density at radius 3 is 2.47 bits per heavy atom. The molecule has 3 unspecified atom stereocenters. The summed E-state index contributed by atoms with van der Waals surface area (Å²) in [4.78, 5) is 11.8. The molecule has 1 amide bonds. The summed E-state index contributed by atoms with van der Waals surface area (Å²) >= 11 is 0. The number of amides is 1. The standard InChI is InChI=1S/C10H22N2O2S/c1-5-10(3,7-11)9(13)12-8(2)6-15(4)14/h8H,5-7,11H2,1-4H3,(H,12,13). The van der Waals surface area contributed by atoms with Gasteiger partial charge in [0.15, 0.2) is 0 Å². The molecule has 0 aliphatic rings. The van der Waals surface area contributed by atoms with E-state index >= 15 is 0 Å². The van der Waals surface area contributed by atoms with Crippen LogP contribution >= 0.6 is 0 Å². The van der Waals surface area contributed by atoms with E-state index in [1.54, 1.807) is 6.26 Å². The van der Waals surface area contributed by atoms with Gasteiger partial charge in [-0.15, -0.1) is 0 Å². The van der Waals surface area contributed by atoms with Gasteiger partial charge in [0, 0.05) is 35.4 Å². The van der Waals surface area contributed by atoms with Crippen molar-refractivity contribution in [3.05, 3.63) is 0 Å². The summed E-state index contributed by atoms with van der Waals surface area (Å²) in [5, 5.41) is 2.84. The number of rotatable bonds is 6. The smallest absolute Gasteiger partial charge is 0.227 e. The van der Waals surface area contributed by atoms with Crippen LogP contribution < -0.4 is 11.1 Å². The van der Waals surface area contributed by atoms with E-state index in [-0.39, 0.29) is 11.9 Å². The molecule has 0 bridgehead atoms. The summed E-state index contributed by atoms with van der Waals surface area (Å²) in [7, 11) is -0.889. The fraction of sp³-hybridized carbons (Fsp3) is 0.900. The van der Waals surface area contributed by atoms with Gasteiger partial charge in [0.05, 0.1) is 5.41 Å². The van der Waals surface area contributed by atoms with Crippen molar-refractivity contribution in [2.24, 2.45) is 11.1 Å². The van der Waals surface area contributed by atoms with Gasteiger partial charge >= 0.3 is 0 Å². The molecule has 90 valence electrons. The number of carbonyl (C=O) groups excluding carboxylic acids is 1. The second-order valence-electron chi connectivity index (χ2n) is 4.23. The molecule has 0 fully saturated rings. The largest absolute Gasteiger partial charge is 0.352 e. The SMILES string of the molecule is CCC(C)(CN)C(=O)NC(C)CS(C)=O. The Morgan fingerprint density at radius 2 is 2.13 bits per heavy atom. The van der Waals surface area contributed by atoms with E-state index in [1.165, 1.54) is 0 Å². The molecule has 0 saturated heterocycles. The third kappa shape index (κ3) is 4.75.